The van der Waals surface area contributed by atoms with Crippen molar-refractivity contribution in [1.29, 1.82) is 0 Å². The first-order valence-corrected chi connectivity index (χ1v) is 5.06. The summed E-state index contributed by atoms with van der Waals surface area (Å²) in [6.07, 6.45) is 5.95. The average Bonchev–Trinajstić information content (AvgIpc) is 2.72. The largest absolute Gasteiger partial charge is 0.472 e. The number of benzene rings is 1. The Morgan fingerprint density at radius 2 is 2.21 bits per heavy atom. The lowest BCUT2D eigenvalue weighted by Gasteiger charge is -2.04. The minimum atomic E-state index is 0.346. The van der Waals surface area contributed by atoms with Crippen LogP contribution in [0.1, 0.15) is 18.4 Å². The van der Waals surface area contributed by atoms with Gasteiger partial charge in [0, 0.05) is 0 Å². The van der Waals surface area contributed by atoms with Crippen molar-refractivity contribution in [2.45, 2.75) is 25.3 Å². The topological polar surface area (TPSA) is 21.6 Å². The van der Waals surface area contributed by atoms with Gasteiger partial charge in [0.25, 0.3) is 6.40 Å². The van der Waals surface area contributed by atoms with E-state index in [-0.39, 0.29) is 0 Å². The van der Waals surface area contributed by atoms with Crippen LogP contribution in [-0.4, -0.2) is 19.0 Å². The number of aliphatic imine (C=N–C) groups is 1. The van der Waals surface area contributed by atoms with Crippen LogP contribution in [0, 0.1) is 0 Å². The quantitative estimate of drug-likeness (QED) is 0.710. The van der Waals surface area contributed by atoms with Crippen LogP contribution in [0.3, 0.4) is 0 Å². The highest BCUT2D eigenvalue weighted by atomic mass is 16.5. The molecular weight excluding hydrogens is 174 g/mol. The first-order chi connectivity index (χ1) is 6.95. The summed E-state index contributed by atoms with van der Waals surface area (Å²) in [6, 6.07) is 10.9. The molecule has 0 aliphatic carbocycles. The van der Waals surface area contributed by atoms with E-state index in [1.54, 1.807) is 0 Å². The second kappa shape index (κ2) is 4.80. The summed E-state index contributed by atoms with van der Waals surface area (Å²) in [5.74, 6) is 0. The van der Waals surface area contributed by atoms with Crippen LogP contribution in [-0.2, 0) is 11.2 Å². The summed E-state index contributed by atoms with van der Waals surface area (Å²) < 4.78 is 4.94. The molecule has 14 heavy (non-hydrogen) atoms. The van der Waals surface area contributed by atoms with E-state index in [0.717, 1.165) is 19.4 Å². The number of nitrogens with zero attached hydrogens (tertiary/aromatic N) is 1. The standard InChI is InChI=1S/C12H14NO/c1-2-5-11(6-3-1)7-4-8-12-9-14-10-13-12/h1-3,5-6,12H,4,7-9H2. The molecule has 1 radical (unpaired) electrons. The Kier molecular flexibility index (Phi) is 3.17. The predicted octanol–water partition coefficient (Wildman–Crippen LogP) is 2.31. The number of hydrogen-bond donors (Lipinski definition) is 0. The van der Waals surface area contributed by atoms with Crippen LogP contribution in [0.4, 0.5) is 0 Å². The van der Waals surface area contributed by atoms with Crippen molar-refractivity contribution >= 4 is 6.40 Å². The first-order valence-electron chi connectivity index (χ1n) is 5.06. The molecule has 0 spiro atoms. The molecule has 1 aliphatic rings. The van der Waals surface area contributed by atoms with Crippen molar-refractivity contribution in [3.8, 4) is 0 Å². The molecular formula is C12H14NO. The number of aryl methyl sites for hydroxylation is 1. The van der Waals surface area contributed by atoms with Gasteiger partial charge in [0.2, 0.25) is 0 Å². The molecule has 2 rings (SSSR count). The molecule has 1 aromatic carbocycles. The molecule has 0 N–H and O–H groups in total. The van der Waals surface area contributed by atoms with E-state index in [2.05, 4.69) is 35.7 Å². The molecule has 1 aliphatic heterocycles. The third kappa shape index (κ3) is 2.59. The fourth-order valence-electron chi connectivity index (χ4n) is 1.62. The molecule has 0 aromatic heterocycles. The lowest BCUT2D eigenvalue weighted by atomic mass is 10.1. The Balaban J connectivity index is 1.70. The highest BCUT2D eigenvalue weighted by molar-refractivity contribution is 5.48. The molecule has 1 unspecified atom stereocenters. The summed E-state index contributed by atoms with van der Waals surface area (Å²) in [6.45, 7) is 0.717. The molecule has 73 valence electrons. The Bertz CT molecular complexity index is 294. The van der Waals surface area contributed by atoms with Crippen molar-refractivity contribution in [3.63, 3.8) is 0 Å². The van der Waals surface area contributed by atoms with Gasteiger partial charge in [0.1, 0.15) is 6.61 Å². The molecule has 0 bridgehead atoms. The summed E-state index contributed by atoms with van der Waals surface area (Å²) >= 11 is 0. The first kappa shape index (κ1) is 9.25. The zero-order chi connectivity index (χ0) is 9.64. The van der Waals surface area contributed by atoms with E-state index >= 15 is 0 Å². The van der Waals surface area contributed by atoms with Crippen molar-refractivity contribution < 1.29 is 4.74 Å². The third-order valence-electron chi connectivity index (χ3n) is 2.42. The van der Waals surface area contributed by atoms with Gasteiger partial charge >= 0.3 is 0 Å². The molecule has 1 atom stereocenters. The molecule has 2 nitrogen and oxygen atoms in total. The fraction of sp³-hybridized carbons (Fsp3) is 0.417. The Morgan fingerprint density at radius 3 is 2.93 bits per heavy atom. The highest BCUT2D eigenvalue weighted by Crippen LogP contribution is 2.10. The van der Waals surface area contributed by atoms with E-state index in [4.69, 9.17) is 4.74 Å². The molecule has 0 fully saturated rings. The zero-order valence-corrected chi connectivity index (χ0v) is 8.15. The third-order valence-corrected chi connectivity index (χ3v) is 2.42. The van der Waals surface area contributed by atoms with Gasteiger partial charge in [-0.2, -0.15) is 0 Å². The predicted molar refractivity (Wildman–Crippen MR) is 56.6 cm³/mol. The highest BCUT2D eigenvalue weighted by Gasteiger charge is 2.11. The van der Waals surface area contributed by atoms with E-state index in [9.17, 15) is 0 Å². The Morgan fingerprint density at radius 1 is 1.36 bits per heavy atom. The van der Waals surface area contributed by atoms with Crippen LogP contribution >= 0.6 is 0 Å². The number of hydrogen-bond acceptors (Lipinski definition) is 2. The van der Waals surface area contributed by atoms with Crippen LogP contribution in [0.2, 0.25) is 0 Å². The van der Waals surface area contributed by atoms with E-state index in [1.807, 2.05) is 6.07 Å². The summed E-state index contributed by atoms with van der Waals surface area (Å²) in [4.78, 5) is 4.09. The average molecular weight is 188 g/mol. The van der Waals surface area contributed by atoms with Crippen molar-refractivity contribution in [2.75, 3.05) is 6.61 Å². The van der Waals surface area contributed by atoms with Gasteiger partial charge in [-0.3, -0.25) is 0 Å². The van der Waals surface area contributed by atoms with Gasteiger partial charge < -0.3 is 4.74 Å². The van der Waals surface area contributed by atoms with Crippen LogP contribution in [0.5, 0.6) is 0 Å². The Labute approximate surface area is 84.6 Å². The SMILES string of the molecule is [C]1=NC(CCCc2ccccc2)CO1. The lowest BCUT2D eigenvalue weighted by Crippen LogP contribution is -2.06. The fourth-order valence-corrected chi connectivity index (χ4v) is 1.62. The molecule has 2 heteroatoms. The van der Waals surface area contributed by atoms with Gasteiger partial charge in [-0.1, -0.05) is 30.3 Å². The maximum atomic E-state index is 4.94. The van der Waals surface area contributed by atoms with Crippen molar-refractivity contribution in [1.82, 2.24) is 0 Å². The molecule has 0 saturated carbocycles. The van der Waals surface area contributed by atoms with Crippen molar-refractivity contribution in [3.05, 3.63) is 35.9 Å². The second-order valence-electron chi connectivity index (χ2n) is 3.56. The summed E-state index contributed by atoms with van der Waals surface area (Å²) in [7, 11) is 0. The van der Waals surface area contributed by atoms with Gasteiger partial charge in [0.05, 0.1) is 6.04 Å². The van der Waals surface area contributed by atoms with E-state index < -0.39 is 0 Å². The Hall–Kier alpha value is -1.31. The van der Waals surface area contributed by atoms with Gasteiger partial charge in [-0.15, -0.1) is 0 Å². The minimum absolute atomic E-state index is 0.346. The molecule has 1 heterocycles. The van der Waals surface area contributed by atoms with Gasteiger partial charge in [-0.25, -0.2) is 4.99 Å². The van der Waals surface area contributed by atoms with Gasteiger partial charge in [0.15, 0.2) is 0 Å². The minimum Gasteiger partial charge on any atom is -0.472 e. The summed E-state index contributed by atoms with van der Waals surface area (Å²) in [5, 5.41) is 0. The normalized spacial score (nSPS) is 19.6. The number of rotatable bonds is 4. The monoisotopic (exact) mass is 188 g/mol. The second-order valence-corrected chi connectivity index (χ2v) is 3.56. The van der Waals surface area contributed by atoms with Crippen LogP contribution in [0.15, 0.2) is 35.3 Å². The molecule has 0 saturated heterocycles. The van der Waals surface area contributed by atoms with Crippen molar-refractivity contribution in [2.24, 2.45) is 4.99 Å². The van der Waals surface area contributed by atoms with E-state index in [1.165, 1.54) is 12.0 Å². The summed E-state index contributed by atoms with van der Waals surface area (Å²) in [5.41, 5.74) is 1.40. The van der Waals surface area contributed by atoms with Gasteiger partial charge in [-0.05, 0) is 24.8 Å². The van der Waals surface area contributed by atoms with Crippen LogP contribution < -0.4 is 0 Å². The lowest BCUT2D eigenvalue weighted by molar-refractivity contribution is 0.320. The smallest absolute Gasteiger partial charge is 0.273 e. The maximum absolute atomic E-state index is 4.94. The molecule has 1 aromatic rings. The molecule has 0 amide bonds. The van der Waals surface area contributed by atoms with Crippen LogP contribution in [0.25, 0.3) is 0 Å². The zero-order valence-electron chi connectivity index (χ0n) is 8.15. The number of ether oxygens (including phenoxy) is 1. The maximum Gasteiger partial charge on any atom is 0.273 e. The van der Waals surface area contributed by atoms with E-state index in [0.29, 0.717) is 6.04 Å².